The molecule has 0 aliphatic carbocycles. The average Bonchev–Trinajstić information content (AvgIpc) is 3.38. The van der Waals surface area contributed by atoms with Crippen LogP contribution in [0.25, 0.3) is 0 Å². The maximum absolute atomic E-state index is 13.7. The van der Waals surface area contributed by atoms with Gasteiger partial charge in [-0.1, -0.05) is 6.07 Å². The zero-order valence-electron chi connectivity index (χ0n) is 23.9. The molecule has 0 bridgehead atoms. The number of nitrogens with one attached hydrogen (secondary N) is 1. The van der Waals surface area contributed by atoms with Crippen LogP contribution in [0, 0.1) is 6.92 Å². The number of nitrogens with zero attached hydrogens (tertiary/aromatic N) is 2. The molecule has 216 valence electrons. The third kappa shape index (κ3) is 9.18. The smallest absolute Gasteiger partial charge is 0.322 e. The summed E-state index contributed by atoms with van der Waals surface area (Å²) in [5, 5.41) is 4.98. The van der Waals surface area contributed by atoms with Gasteiger partial charge in [-0.15, -0.1) is 23.1 Å². The molecule has 10 heteroatoms. The number of urea groups is 1. The fraction of sp³-hybridized carbons (Fsp3) is 0.400. The van der Waals surface area contributed by atoms with Crippen LogP contribution in [0.1, 0.15) is 22.4 Å². The van der Waals surface area contributed by atoms with Crippen LogP contribution in [0.4, 0.5) is 10.5 Å². The van der Waals surface area contributed by atoms with Crippen molar-refractivity contribution >= 4 is 40.7 Å². The van der Waals surface area contributed by atoms with Crippen molar-refractivity contribution in [1.29, 1.82) is 0 Å². The van der Waals surface area contributed by atoms with Crippen LogP contribution in [0.15, 0.2) is 58.8 Å². The minimum Gasteiger partial charge on any atom is -0.493 e. The summed E-state index contributed by atoms with van der Waals surface area (Å²) in [6.45, 7) is 3.90. The molecule has 3 amide bonds. The van der Waals surface area contributed by atoms with Crippen molar-refractivity contribution < 1.29 is 23.8 Å². The predicted molar refractivity (Wildman–Crippen MR) is 163 cm³/mol. The summed E-state index contributed by atoms with van der Waals surface area (Å²) in [7, 11) is 4.84. The molecule has 1 aromatic heterocycles. The second kappa shape index (κ2) is 16.2. The maximum Gasteiger partial charge on any atom is 0.322 e. The summed E-state index contributed by atoms with van der Waals surface area (Å²) in [4.78, 5) is 32.7. The van der Waals surface area contributed by atoms with Crippen LogP contribution in [0.2, 0.25) is 0 Å². The van der Waals surface area contributed by atoms with E-state index in [0.29, 0.717) is 56.3 Å². The number of thiophene rings is 1. The van der Waals surface area contributed by atoms with Crippen LogP contribution < -0.4 is 14.8 Å². The Morgan fingerprint density at radius 3 is 2.33 bits per heavy atom. The topological polar surface area (TPSA) is 80.3 Å². The van der Waals surface area contributed by atoms with Gasteiger partial charge in [0.05, 0.1) is 20.8 Å². The number of anilines is 1. The quantitative estimate of drug-likeness (QED) is 0.176. The largest absolute Gasteiger partial charge is 0.493 e. The molecular weight excluding hydrogens is 546 g/mol. The number of thioether (sulfide) groups is 1. The zero-order chi connectivity index (χ0) is 28.9. The van der Waals surface area contributed by atoms with E-state index in [1.54, 1.807) is 49.3 Å². The van der Waals surface area contributed by atoms with Crippen LogP contribution >= 0.6 is 23.1 Å². The van der Waals surface area contributed by atoms with Crippen molar-refractivity contribution in [3.05, 3.63) is 69.9 Å². The van der Waals surface area contributed by atoms with E-state index in [2.05, 4.69) is 18.3 Å². The molecule has 0 unspecified atom stereocenters. The molecule has 0 aliphatic rings. The summed E-state index contributed by atoms with van der Waals surface area (Å²) in [6.07, 6.45) is 3.26. The lowest BCUT2D eigenvalue weighted by atomic mass is 10.1. The van der Waals surface area contributed by atoms with Crippen LogP contribution in [0.5, 0.6) is 11.5 Å². The highest BCUT2D eigenvalue weighted by molar-refractivity contribution is 7.98. The number of methoxy groups -OCH3 is 3. The number of hydrogen-bond acceptors (Lipinski definition) is 7. The number of benzene rings is 2. The highest BCUT2D eigenvalue weighted by Crippen LogP contribution is 2.28. The summed E-state index contributed by atoms with van der Waals surface area (Å²) >= 11 is 3.27. The molecule has 1 N–H and O–H groups in total. The Morgan fingerprint density at radius 1 is 0.950 bits per heavy atom. The second-order valence-corrected chi connectivity index (χ2v) is 11.1. The number of carbonyl (C=O) groups is 2. The minimum absolute atomic E-state index is 0.0329. The first-order valence-electron chi connectivity index (χ1n) is 13.1. The van der Waals surface area contributed by atoms with Gasteiger partial charge in [-0.3, -0.25) is 4.79 Å². The molecule has 8 nitrogen and oxygen atoms in total. The van der Waals surface area contributed by atoms with E-state index in [0.717, 1.165) is 20.9 Å². The highest BCUT2D eigenvalue weighted by atomic mass is 32.2. The Morgan fingerprint density at radius 2 is 1.70 bits per heavy atom. The molecule has 0 aliphatic heterocycles. The third-order valence-corrected chi connectivity index (χ3v) is 8.26. The maximum atomic E-state index is 13.7. The van der Waals surface area contributed by atoms with Gasteiger partial charge in [0.25, 0.3) is 0 Å². The van der Waals surface area contributed by atoms with Crippen LogP contribution in [0.3, 0.4) is 0 Å². The first kappa shape index (κ1) is 31.3. The molecule has 1 heterocycles. The molecule has 40 heavy (non-hydrogen) atoms. The van der Waals surface area contributed by atoms with E-state index in [4.69, 9.17) is 14.2 Å². The summed E-state index contributed by atoms with van der Waals surface area (Å²) < 4.78 is 16.0. The van der Waals surface area contributed by atoms with Crippen molar-refractivity contribution in [2.45, 2.75) is 31.2 Å². The van der Waals surface area contributed by atoms with E-state index >= 15 is 0 Å². The van der Waals surface area contributed by atoms with Gasteiger partial charge in [-0.25, -0.2) is 4.79 Å². The van der Waals surface area contributed by atoms with E-state index in [1.807, 2.05) is 59.0 Å². The lowest BCUT2D eigenvalue weighted by Gasteiger charge is -2.28. The molecule has 0 atom stereocenters. The number of carbonyl (C=O) groups excluding carboxylic acids is 2. The highest BCUT2D eigenvalue weighted by Gasteiger charge is 2.23. The van der Waals surface area contributed by atoms with E-state index in [1.165, 1.54) is 0 Å². The monoisotopic (exact) mass is 585 g/mol. The molecule has 3 rings (SSSR count). The average molecular weight is 586 g/mol. The standard InChI is InChI=1S/C30H39N3O5S2/c1-22-14-18-40-28(22)20-32(16-13-23-7-12-26(37-3)27(19-23)38-4)29(34)21-33(15-6-17-36-2)30(35)31-24-8-10-25(39-5)11-9-24/h7-12,14,18-19H,6,13,15-17,20-21H2,1-5H3,(H,31,35). The van der Waals surface area contributed by atoms with E-state index in [9.17, 15) is 9.59 Å². The van der Waals surface area contributed by atoms with Gasteiger partial charge in [0.1, 0.15) is 6.54 Å². The number of rotatable bonds is 15. The summed E-state index contributed by atoms with van der Waals surface area (Å²) in [5.41, 5.74) is 2.87. The van der Waals surface area contributed by atoms with Gasteiger partial charge in [0, 0.05) is 42.3 Å². The number of hydrogen-bond donors (Lipinski definition) is 1. The third-order valence-electron chi connectivity index (χ3n) is 6.50. The second-order valence-electron chi connectivity index (χ2n) is 9.21. The number of amides is 3. The fourth-order valence-corrected chi connectivity index (χ4v) is 5.45. The molecule has 0 spiro atoms. The summed E-state index contributed by atoms with van der Waals surface area (Å²) in [5.74, 6) is 1.20. The Balaban J connectivity index is 1.76. The van der Waals surface area contributed by atoms with Gasteiger partial charge in [-0.2, -0.15) is 0 Å². The SMILES string of the molecule is COCCCN(CC(=O)N(CCc1ccc(OC)c(OC)c1)Cc1sccc1C)C(=O)Nc1ccc(SC)cc1. The molecule has 0 saturated heterocycles. The van der Waals surface area contributed by atoms with Gasteiger partial charge in [-0.05, 0) is 85.0 Å². The van der Waals surface area contributed by atoms with Crippen molar-refractivity contribution in [2.24, 2.45) is 0 Å². The summed E-state index contributed by atoms with van der Waals surface area (Å²) in [6, 6.07) is 15.2. The predicted octanol–water partition coefficient (Wildman–Crippen LogP) is 5.94. The molecular formula is C30H39N3O5S2. The lowest BCUT2D eigenvalue weighted by Crippen LogP contribution is -2.45. The Kier molecular flexibility index (Phi) is 12.6. The van der Waals surface area contributed by atoms with Gasteiger partial charge < -0.3 is 29.3 Å². The van der Waals surface area contributed by atoms with E-state index in [-0.39, 0.29) is 18.5 Å². The lowest BCUT2D eigenvalue weighted by molar-refractivity contribution is -0.132. The molecule has 0 saturated carbocycles. The van der Waals surface area contributed by atoms with Gasteiger partial charge in [0.2, 0.25) is 5.91 Å². The normalized spacial score (nSPS) is 10.7. The number of ether oxygens (including phenoxy) is 3. The van der Waals surface area contributed by atoms with Crippen molar-refractivity contribution in [1.82, 2.24) is 9.80 Å². The minimum atomic E-state index is -0.312. The fourth-order valence-electron chi connectivity index (χ4n) is 4.12. The molecule has 0 radical (unpaired) electrons. The van der Waals surface area contributed by atoms with Crippen LogP contribution in [-0.2, 0) is 22.5 Å². The first-order valence-corrected chi connectivity index (χ1v) is 15.2. The Bertz CT molecular complexity index is 1230. The first-order chi connectivity index (χ1) is 19.4. The van der Waals surface area contributed by atoms with Gasteiger partial charge >= 0.3 is 6.03 Å². The number of aryl methyl sites for hydroxylation is 1. The molecule has 3 aromatic rings. The van der Waals surface area contributed by atoms with Crippen molar-refractivity contribution in [2.75, 3.05) is 59.1 Å². The Hall–Kier alpha value is -3.21. The van der Waals surface area contributed by atoms with Gasteiger partial charge in [0.15, 0.2) is 11.5 Å². The van der Waals surface area contributed by atoms with E-state index < -0.39 is 0 Å². The Labute approximate surface area is 245 Å². The molecule has 2 aromatic carbocycles. The van der Waals surface area contributed by atoms with Crippen molar-refractivity contribution in [3.63, 3.8) is 0 Å². The van der Waals surface area contributed by atoms with Crippen molar-refractivity contribution in [3.8, 4) is 11.5 Å². The van der Waals surface area contributed by atoms with Crippen LogP contribution in [-0.4, -0.2) is 75.6 Å². The zero-order valence-corrected chi connectivity index (χ0v) is 25.5. The molecule has 0 fully saturated rings.